The maximum Gasteiger partial charge on any atom is 0.0691 e. The molecule has 0 atom stereocenters. The molecule has 1 aromatic carbocycles. The molecule has 196 valence electrons. The molecular weight excluding hydrogens is 478 g/mol. The Kier molecular flexibility index (Phi) is 6.89. The van der Waals surface area contributed by atoms with Crippen molar-refractivity contribution in [3.8, 4) is 11.1 Å². The molecule has 0 saturated heterocycles. The van der Waals surface area contributed by atoms with Gasteiger partial charge in [-0.2, -0.15) is 0 Å². The number of anilines is 1. The first-order valence-electron chi connectivity index (χ1n) is 14.1. The summed E-state index contributed by atoms with van der Waals surface area (Å²) in [7, 11) is 0. The molecule has 0 aliphatic carbocycles. The highest BCUT2D eigenvalue weighted by Crippen LogP contribution is 2.37. The predicted octanol–water partition coefficient (Wildman–Crippen LogP) is 8.59. The topological polar surface area (TPSA) is 83.4 Å². The van der Waals surface area contributed by atoms with E-state index in [-0.39, 0.29) is 0 Å². The second-order valence-corrected chi connectivity index (χ2v) is 10.4. The first kappa shape index (κ1) is 24.9. The second-order valence-electron chi connectivity index (χ2n) is 10.4. The maximum absolute atomic E-state index is 6.97. The number of nitrogens with two attached hydrogens (primary N) is 1. The first-order chi connectivity index (χ1) is 19.1. The number of unbranched alkanes of at least 4 members (excludes halogenated alkanes) is 2. The molecule has 2 aliphatic heterocycles. The van der Waals surface area contributed by atoms with E-state index in [9.17, 15) is 0 Å². The average Bonchev–Trinajstić information content (AvgIpc) is 3.75. The van der Waals surface area contributed by atoms with Crippen molar-refractivity contribution in [2.75, 3.05) is 5.73 Å². The Morgan fingerprint density at radius 3 is 2.08 bits per heavy atom. The van der Waals surface area contributed by atoms with Crippen LogP contribution in [0.3, 0.4) is 0 Å². The third kappa shape index (κ3) is 4.92. The van der Waals surface area contributed by atoms with E-state index in [0.717, 1.165) is 106 Å². The molecule has 3 aromatic heterocycles. The van der Waals surface area contributed by atoms with E-state index in [1.54, 1.807) is 0 Å². The fraction of sp³-hybridized carbons (Fsp3) is 0.235. The largest absolute Gasteiger partial charge is 0.396 e. The number of fused-ring (bicyclic) bond motifs is 8. The first-order valence-corrected chi connectivity index (χ1v) is 14.1. The molecule has 39 heavy (non-hydrogen) atoms. The Morgan fingerprint density at radius 2 is 1.36 bits per heavy atom. The molecule has 5 heteroatoms. The zero-order valence-electron chi connectivity index (χ0n) is 22.7. The fourth-order valence-electron chi connectivity index (χ4n) is 5.52. The molecule has 4 aromatic rings. The second kappa shape index (κ2) is 10.8. The number of hydrogen-bond acceptors (Lipinski definition) is 3. The molecule has 0 unspecified atom stereocenters. The van der Waals surface area contributed by atoms with Crippen LogP contribution in [0.1, 0.15) is 73.4 Å². The van der Waals surface area contributed by atoms with Crippen molar-refractivity contribution in [2.45, 2.75) is 52.4 Å². The van der Waals surface area contributed by atoms with E-state index in [0.29, 0.717) is 0 Å². The smallest absolute Gasteiger partial charge is 0.0691 e. The minimum Gasteiger partial charge on any atom is -0.396 e. The van der Waals surface area contributed by atoms with Gasteiger partial charge in [-0.3, -0.25) is 0 Å². The van der Waals surface area contributed by atoms with E-state index in [4.69, 9.17) is 15.7 Å². The molecule has 5 heterocycles. The molecule has 0 spiro atoms. The van der Waals surface area contributed by atoms with Crippen molar-refractivity contribution >= 4 is 52.1 Å². The van der Waals surface area contributed by atoms with E-state index in [1.807, 2.05) is 6.07 Å². The SMILES string of the molecule is CCCCc1c2nc(cc3[nH]c(c(N)c3-c3ccccc3)c(CCCC)c3nc(cc4ccc1[nH]4)C=C3)C=C2. The lowest BCUT2D eigenvalue weighted by Crippen LogP contribution is -1.94. The van der Waals surface area contributed by atoms with Crippen molar-refractivity contribution in [1.29, 1.82) is 0 Å². The van der Waals surface area contributed by atoms with Crippen LogP contribution in [0.4, 0.5) is 5.69 Å². The van der Waals surface area contributed by atoms with Gasteiger partial charge in [0, 0.05) is 27.7 Å². The maximum atomic E-state index is 6.97. The van der Waals surface area contributed by atoms with Gasteiger partial charge in [0.2, 0.25) is 0 Å². The zero-order valence-corrected chi connectivity index (χ0v) is 22.7. The summed E-state index contributed by atoms with van der Waals surface area (Å²) < 4.78 is 0. The number of hydrogen-bond donors (Lipinski definition) is 3. The number of nitrogens with one attached hydrogen (secondary N) is 2. The third-order valence-electron chi connectivity index (χ3n) is 7.56. The number of H-pyrrole nitrogens is 2. The standard InChI is InChI=1S/C34H35N5/c1-3-5-12-26-28-17-14-23(36-28)20-24-15-19-30(37-24)27(13-6-4-2)34-33(35)32(22-10-8-7-9-11-22)31(39-34)21-25-16-18-29(26)38-25/h7-11,14-21,36,39H,3-6,12-13,35H2,1-2H3. The number of aromatic nitrogens is 4. The number of aryl methyl sites for hydroxylation is 2. The Morgan fingerprint density at radius 1 is 0.692 bits per heavy atom. The molecule has 4 N–H and O–H groups in total. The van der Waals surface area contributed by atoms with Crippen LogP contribution in [-0.2, 0) is 12.8 Å². The molecule has 0 fully saturated rings. The van der Waals surface area contributed by atoms with E-state index >= 15 is 0 Å². The predicted molar refractivity (Wildman–Crippen MR) is 166 cm³/mol. The minimum atomic E-state index is 0.756. The van der Waals surface area contributed by atoms with E-state index < -0.39 is 0 Å². The van der Waals surface area contributed by atoms with Gasteiger partial charge in [0.15, 0.2) is 0 Å². The molecule has 2 aliphatic rings. The summed E-state index contributed by atoms with van der Waals surface area (Å²) in [5.41, 5.74) is 20.1. The molecule has 0 amide bonds. The van der Waals surface area contributed by atoms with Crippen molar-refractivity contribution < 1.29 is 0 Å². The number of nitrogen functional groups attached to an aromatic ring is 1. The van der Waals surface area contributed by atoms with Gasteiger partial charge in [-0.05, 0) is 79.8 Å². The van der Waals surface area contributed by atoms with Crippen molar-refractivity contribution in [2.24, 2.45) is 0 Å². The van der Waals surface area contributed by atoms with Crippen LogP contribution in [0.25, 0.3) is 57.5 Å². The molecule has 0 saturated carbocycles. The fourth-order valence-corrected chi connectivity index (χ4v) is 5.52. The van der Waals surface area contributed by atoms with Crippen molar-refractivity contribution in [1.82, 2.24) is 19.9 Å². The Labute approximate surface area is 229 Å². The summed E-state index contributed by atoms with van der Waals surface area (Å²) >= 11 is 0. The quantitative estimate of drug-likeness (QED) is 0.200. The van der Waals surface area contributed by atoms with Crippen LogP contribution in [-0.4, -0.2) is 19.9 Å². The van der Waals surface area contributed by atoms with Crippen LogP contribution >= 0.6 is 0 Å². The summed E-state index contributed by atoms with van der Waals surface area (Å²) in [5.74, 6) is 0. The van der Waals surface area contributed by atoms with Gasteiger partial charge < -0.3 is 15.7 Å². The lowest BCUT2D eigenvalue weighted by Gasteiger charge is -2.04. The van der Waals surface area contributed by atoms with Gasteiger partial charge in [-0.15, -0.1) is 0 Å². The summed E-state index contributed by atoms with van der Waals surface area (Å²) in [6, 6.07) is 18.9. The number of benzene rings is 1. The molecule has 0 radical (unpaired) electrons. The molecule has 5 nitrogen and oxygen atoms in total. The van der Waals surface area contributed by atoms with Crippen molar-refractivity contribution in [3.05, 3.63) is 88.5 Å². The molecular formula is C34H35N5. The number of nitrogens with zero attached hydrogens (tertiary/aromatic N) is 2. The number of rotatable bonds is 7. The normalized spacial score (nSPS) is 12.4. The molecule has 6 rings (SSSR count). The Bertz CT molecular complexity index is 1730. The van der Waals surface area contributed by atoms with Gasteiger partial charge in [-0.1, -0.05) is 57.0 Å². The lowest BCUT2D eigenvalue weighted by molar-refractivity contribution is 0.795. The highest BCUT2D eigenvalue weighted by molar-refractivity contribution is 6.01. The highest BCUT2D eigenvalue weighted by Gasteiger charge is 2.17. The summed E-state index contributed by atoms with van der Waals surface area (Å²) in [6.45, 7) is 4.44. The highest BCUT2D eigenvalue weighted by atomic mass is 14.8. The lowest BCUT2D eigenvalue weighted by atomic mass is 10.0. The summed E-state index contributed by atoms with van der Waals surface area (Å²) in [5, 5.41) is 0. The Balaban J connectivity index is 1.73. The van der Waals surface area contributed by atoms with E-state index in [2.05, 4.69) is 96.7 Å². The van der Waals surface area contributed by atoms with Gasteiger partial charge in [0.05, 0.1) is 39.5 Å². The monoisotopic (exact) mass is 513 g/mol. The zero-order chi connectivity index (χ0) is 26.8. The van der Waals surface area contributed by atoms with Crippen LogP contribution in [0.5, 0.6) is 0 Å². The van der Waals surface area contributed by atoms with Crippen LogP contribution in [0.15, 0.2) is 54.6 Å². The average molecular weight is 514 g/mol. The van der Waals surface area contributed by atoms with Gasteiger partial charge in [0.1, 0.15) is 0 Å². The minimum absolute atomic E-state index is 0.756. The number of aromatic amines is 2. The van der Waals surface area contributed by atoms with Crippen LogP contribution in [0, 0.1) is 0 Å². The van der Waals surface area contributed by atoms with Crippen LogP contribution in [0.2, 0.25) is 0 Å². The van der Waals surface area contributed by atoms with Crippen molar-refractivity contribution in [3.63, 3.8) is 0 Å². The van der Waals surface area contributed by atoms with Gasteiger partial charge >= 0.3 is 0 Å². The Hall–Kier alpha value is -4.38. The third-order valence-corrected chi connectivity index (χ3v) is 7.56. The van der Waals surface area contributed by atoms with Gasteiger partial charge in [0.25, 0.3) is 0 Å². The summed E-state index contributed by atoms with van der Waals surface area (Å²) in [6.07, 6.45) is 14.7. The van der Waals surface area contributed by atoms with Crippen LogP contribution < -0.4 is 5.73 Å². The molecule has 8 bridgehead atoms. The van der Waals surface area contributed by atoms with E-state index in [1.165, 1.54) is 5.56 Å². The summed E-state index contributed by atoms with van der Waals surface area (Å²) in [4.78, 5) is 17.5. The van der Waals surface area contributed by atoms with Gasteiger partial charge in [-0.25, -0.2) is 9.97 Å².